The van der Waals surface area contributed by atoms with E-state index in [1.807, 2.05) is 55.5 Å². The number of hydrogen-bond donors (Lipinski definition) is 1. The summed E-state index contributed by atoms with van der Waals surface area (Å²) in [5.41, 5.74) is 2.08. The number of rotatable bonds is 7. The van der Waals surface area contributed by atoms with Crippen molar-refractivity contribution in [3.63, 3.8) is 0 Å². The smallest absolute Gasteiger partial charge is 0.261 e. The zero-order chi connectivity index (χ0) is 19.1. The number of aryl methyl sites for hydroxylation is 1. The summed E-state index contributed by atoms with van der Waals surface area (Å²) >= 11 is 2.21. The maximum Gasteiger partial charge on any atom is 0.261 e. The van der Waals surface area contributed by atoms with Gasteiger partial charge in [0.2, 0.25) is 5.91 Å². The van der Waals surface area contributed by atoms with E-state index in [1.165, 1.54) is 0 Å². The van der Waals surface area contributed by atoms with Crippen LogP contribution in [0, 0.1) is 10.5 Å². The van der Waals surface area contributed by atoms with E-state index in [1.54, 1.807) is 18.9 Å². The highest BCUT2D eigenvalue weighted by Crippen LogP contribution is 2.16. The zero-order valence-corrected chi connectivity index (χ0v) is 17.3. The molecule has 2 aromatic carbocycles. The van der Waals surface area contributed by atoms with E-state index >= 15 is 0 Å². The van der Waals surface area contributed by atoms with Crippen LogP contribution in [0.15, 0.2) is 48.5 Å². The minimum absolute atomic E-state index is 0.117. The van der Waals surface area contributed by atoms with Crippen molar-refractivity contribution in [2.45, 2.75) is 26.4 Å². The van der Waals surface area contributed by atoms with Crippen LogP contribution in [-0.2, 0) is 16.1 Å². The third kappa shape index (κ3) is 5.45. The van der Waals surface area contributed by atoms with Gasteiger partial charge >= 0.3 is 0 Å². The van der Waals surface area contributed by atoms with Gasteiger partial charge in [0.15, 0.2) is 6.61 Å². The molecule has 0 saturated heterocycles. The van der Waals surface area contributed by atoms with Crippen molar-refractivity contribution >= 4 is 34.4 Å². The monoisotopic (exact) mass is 466 g/mol. The number of ether oxygens (including phenoxy) is 1. The molecular formula is C20H23IN2O3. The Kier molecular flexibility index (Phi) is 7.44. The molecule has 0 aliphatic carbocycles. The van der Waals surface area contributed by atoms with Crippen LogP contribution in [0.1, 0.15) is 18.1 Å². The minimum atomic E-state index is -0.590. The largest absolute Gasteiger partial charge is 0.484 e. The van der Waals surface area contributed by atoms with Gasteiger partial charge in [0.25, 0.3) is 5.91 Å². The molecule has 0 aromatic heterocycles. The molecule has 0 aliphatic rings. The summed E-state index contributed by atoms with van der Waals surface area (Å²) in [5.74, 6) is 0.186. The van der Waals surface area contributed by atoms with Crippen LogP contribution in [-0.4, -0.2) is 36.4 Å². The van der Waals surface area contributed by atoms with Gasteiger partial charge in [-0.15, -0.1) is 0 Å². The highest BCUT2D eigenvalue weighted by atomic mass is 127. The van der Waals surface area contributed by atoms with Crippen molar-refractivity contribution < 1.29 is 14.3 Å². The first kappa shape index (κ1) is 20.2. The summed E-state index contributed by atoms with van der Waals surface area (Å²) in [6.45, 7) is 3.95. The Hall–Kier alpha value is -2.09. The summed E-state index contributed by atoms with van der Waals surface area (Å²) in [5, 5.41) is 2.61. The maximum absolute atomic E-state index is 12.8. The number of hydrogen-bond acceptors (Lipinski definition) is 3. The van der Waals surface area contributed by atoms with E-state index in [9.17, 15) is 9.59 Å². The molecular weight excluding hydrogens is 443 g/mol. The van der Waals surface area contributed by atoms with Crippen molar-refractivity contribution in [1.82, 2.24) is 10.2 Å². The summed E-state index contributed by atoms with van der Waals surface area (Å²) in [4.78, 5) is 26.4. The molecule has 0 bridgehead atoms. The Morgan fingerprint density at radius 2 is 1.81 bits per heavy atom. The maximum atomic E-state index is 12.8. The van der Waals surface area contributed by atoms with Gasteiger partial charge in [0.1, 0.15) is 11.8 Å². The third-order valence-corrected chi connectivity index (χ3v) is 4.91. The van der Waals surface area contributed by atoms with E-state index in [2.05, 4.69) is 27.9 Å². The average molecular weight is 466 g/mol. The standard InChI is InChI=1S/C20H23IN2O3/c1-14-6-4-5-7-16(14)12-23(15(2)20(25)22-3)19(24)13-26-18-10-8-17(21)9-11-18/h4-11,15H,12-13H2,1-3H3,(H,22,25)/t15-/m1/s1. The van der Waals surface area contributed by atoms with E-state index in [0.717, 1.165) is 14.7 Å². The predicted octanol–water partition coefficient (Wildman–Crippen LogP) is 3.14. The van der Waals surface area contributed by atoms with E-state index < -0.39 is 6.04 Å². The van der Waals surface area contributed by atoms with Gasteiger partial charge in [-0.2, -0.15) is 0 Å². The number of carbonyl (C=O) groups excluding carboxylic acids is 2. The minimum Gasteiger partial charge on any atom is -0.484 e. The predicted molar refractivity (Wildman–Crippen MR) is 110 cm³/mol. The van der Waals surface area contributed by atoms with Crippen LogP contribution in [0.3, 0.4) is 0 Å². The molecule has 0 spiro atoms. The molecule has 2 rings (SSSR count). The number of amides is 2. The van der Waals surface area contributed by atoms with Crippen LogP contribution in [0.2, 0.25) is 0 Å². The van der Waals surface area contributed by atoms with Gasteiger partial charge in [-0.3, -0.25) is 9.59 Å². The van der Waals surface area contributed by atoms with Gasteiger partial charge in [0.05, 0.1) is 0 Å². The Morgan fingerprint density at radius 1 is 1.15 bits per heavy atom. The van der Waals surface area contributed by atoms with Gasteiger partial charge < -0.3 is 15.0 Å². The molecule has 0 fully saturated rings. The number of nitrogens with zero attached hydrogens (tertiary/aromatic N) is 1. The normalized spacial score (nSPS) is 11.5. The topological polar surface area (TPSA) is 58.6 Å². The van der Waals surface area contributed by atoms with Crippen LogP contribution >= 0.6 is 22.6 Å². The van der Waals surface area contributed by atoms with Crippen LogP contribution in [0.5, 0.6) is 5.75 Å². The van der Waals surface area contributed by atoms with Crippen molar-refractivity contribution in [2.24, 2.45) is 0 Å². The van der Waals surface area contributed by atoms with Crippen LogP contribution < -0.4 is 10.1 Å². The molecule has 0 saturated carbocycles. The molecule has 6 heteroatoms. The molecule has 26 heavy (non-hydrogen) atoms. The summed E-state index contributed by atoms with van der Waals surface area (Å²) in [6, 6.07) is 14.7. The SMILES string of the molecule is CNC(=O)[C@@H](C)N(Cc1ccccc1C)C(=O)COc1ccc(I)cc1. The van der Waals surface area contributed by atoms with Gasteiger partial charge in [-0.25, -0.2) is 0 Å². The second-order valence-corrected chi connectivity index (χ2v) is 7.23. The van der Waals surface area contributed by atoms with E-state index in [0.29, 0.717) is 12.3 Å². The van der Waals surface area contributed by atoms with E-state index in [4.69, 9.17) is 4.74 Å². The fourth-order valence-corrected chi connectivity index (χ4v) is 2.88. The van der Waals surface area contributed by atoms with Crippen LogP contribution in [0.25, 0.3) is 0 Å². The molecule has 2 amide bonds. The van der Waals surface area contributed by atoms with Crippen molar-refractivity contribution in [1.29, 1.82) is 0 Å². The highest BCUT2D eigenvalue weighted by Gasteiger charge is 2.26. The van der Waals surface area contributed by atoms with Gasteiger partial charge in [-0.05, 0) is 71.8 Å². The quantitative estimate of drug-likeness (QED) is 0.639. The summed E-state index contributed by atoms with van der Waals surface area (Å²) in [6.07, 6.45) is 0. The fourth-order valence-electron chi connectivity index (χ4n) is 2.52. The second-order valence-electron chi connectivity index (χ2n) is 5.98. The lowest BCUT2D eigenvalue weighted by Crippen LogP contribution is -2.48. The molecule has 5 nitrogen and oxygen atoms in total. The molecule has 2 aromatic rings. The molecule has 0 heterocycles. The lowest BCUT2D eigenvalue weighted by Gasteiger charge is -2.28. The third-order valence-electron chi connectivity index (χ3n) is 4.19. The number of benzene rings is 2. The number of carbonyl (C=O) groups is 2. The fraction of sp³-hybridized carbons (Fsp3) is 0.300. The Morgan fingerprint density at radius 3 is 2.42 bits per heavy atom. The summed E-state index contributed by atoms with van der Waals surface area (Å²) < 4.78 is 6.70. The second kappa shape index (κ2) is 9.56. The van der Waals surface area contributed by atoms with Gasteiger partial charge in [-0.1, -0.05) is 24.3 Å². The first-order valence-electron chi connectivity index (χ1n) is 8.36. The lowest BCUT2D eigenvalue weighted by molar-refractivity contribution is -0.142. The number of nitrogens with one attached hydrogen (secondary N) is 1. The first-order chi connectivity index (χ1) is 12.4. The van der Waals surface area contributed by atoms with Crippen molar-refractivity contribution in [2.75, 3.05) is 13.7 Å². The molecule has 0 aliphatic heterocycles. The van der Waals surface area contributed by atoms with Crippen LogP contribution in [0.4, 0.5) is 0 Å². The summed E-state index contributed by atoms with van der Waals surface area (Å²) in [7, 11) is 1.57. The Bertz CT molecular complexity index is 762. The Labute approximate surface area is 167 Å². The Balaban J connectivity index is 2.13. The average Bonchev–Trinajstić information content (AvgIpc) is 2.65. The van der Waals surface area contributed by atoms with E-state index in [-0.39, 0.29) is 18.4 Å². The number of likely N-dealkylation sites (N-methyl/N-ethyl adjacent to an activating group) is 1. The van der Waals surface area contributed by atoms with Crippen molar-refractivity contribution in [3.05, 3.63) is 63.2 Å². The zero-order valence-electron chi connectivity index (χ0n) is 15.2. The highest BCUT2D eigenvalue weighted by molar-refractivity contribution is 14.1. The molecule has 1 atom stereocenters. The lowest BCUT2D eigenvalue weighted by atomic mass is 10.1. The molecule has 1 N–H and O–H groups in total. The first-order valence-corrected chi connectivity index (χ1v) is 9.44. The molecule has 138 valence electrons. The number of halogens is 1. The molecule has 0 unspecified atom stereocenters. The van der Waals surface area contributed by atoms with Crippen molar-refractivity contribution in [3.8, 4) is 5.75 Å². The molecule has 0 radical (unpaired) electrons. The van der Waals surface area contributed by atoms with Gasteiger partial charge in [0, 0.05) is 17.2 Å².